The number of ether oxygens (including phenoxy) is 3. The molecule has 4 nitrogen and oxygen atoms in total. The van der Waals surface area contributed by atoms with Crippen LogP contribution in [0.5, 0.6) is 23.0 Å². The average molecular weight is 292 g/mol. The zero-order chi connectivity index (χ0) is 14.4. The number of benzene rings is 2. The summed E-state index contributed by atoms with van der Waals surface area (Å²) in [7, 11) is 4.83. The lowest BCUT2D eigenvalue weighted by Crippen LogP contribution is -1.91. The van der Waals surface area contributed by atoms with Crippen LogP contribution in [0.15, 0.2) is 47.4 Å². The Balaban J connectivity index is 2.11. The van der Waals surface area contributed by atoms with Crippen molar-refractivity contribution < 1.29 is 18.4 Å². The highest BCUT2D eigenvalue weighted by molar-refractivity contribution is 7.95. The van der Waals surface area contributed by atoms with Gasteiger partial charge in [0.1, 0.15) is 0 Å². The van der Waals surface area contributed by atoms with E-state index in [-0.39, 0.29) is 0 Å². The Kier molecular flexibility index (Phi) is 5.01. The van der Waals surface area contributed by atoms with E-state index >= 15 is 0 Å². The summed E-state index contributed by atoms with van der Waals surface area (Å²) in [5.74, 6) is 2.73. The van der Waals surface area contributed by atoms with E-state index in [1.54, 1.807) is 21.3 Å². The maximum absolute atomic E-state index is 5.68. The van der Waals surface area contributed by atoms with Crippen molar-refractivity contribution >= 4 is 12.0 Å². The number of hydrogen-bond acceptors (Lipinski definition) is 5. The Bertz CT molecular complexity index is 572. The van der Waals surface area contributed by atoms with Gasteiger partial charge in [0.05, 0.1) is 38.3 Å². The van der Waals surface area contributed by atoms with Gasteiger partial charge in [0, 0.05) is 6.07 Å². The maximum atomic E-state index is 5.68. The second-order valence-electron chi connectivity index (χ2n) is 3.83. The van der Waals surface area contributed by atoms with Crippen molar-refractivity contribution in [3.8, 4) is 23.0 Å². The summed E-state index contributed by atoms with van der Waals surface area (Å²) in [5, 5.41) is 0. The Morgan fingerprint density at radius 1 is 0.700 bits per heavy atom. The molecule has 0 radical (unpaired) electrons. The molecule has 0 saturated heterocycles. The van der Waals surface area contributed by atoms with Gasteiger partial charge < -0.3 is 18.4 Å². The third kappa shape index (κ3) is 3.30. The molecule has 0 atom stereocenters. The first kappa shape index (κ1) is 14.4. The highest BCUT2D eigenvalue weighted by Gasteiger charge is 2.08. The molecule has 0 N–H and O–H groups in total. The second-order valence-corrected chi connectivity index (χ2v) is 4.64. The first-order valence-electron chi connectivity index (χ1n) is 5.98. The standard InChI is InChI=1S/C15H16O4S/c1-16-12-6-4-5-7-14(12)19-20-11-8-9-13(17-2)15(10-11)18-3/h4-10H,1-3H3. The Labute approximate surface area is 122 Å². The van der Waals surface area contributed by atoms with Gasteiger partial charge in [0.25, 0.3) is 0 Å². The minimum absolute atomic E-state index is 0.668. The first-order valence-corrected chi connectivity index (χ1v) is 6.72. The van der Waals surface area contributed by atoms with Gasteiger partial charge in [-0.2, -0.15) is 0 Å². The van der Waals surface area contributed by atoms with Gasteiger partial charge in [-0.1, -0.05) is 12.1 Å². The fourth-order valence-electron chi connectivity index (χ4n) is 1.65. The predicted molar refractivity (Wildman–Crippen MR) is 79.0 cm³/mol. The third-order valence-corrected chi connectivity index (χ3v) is 3.36. The molecule has 0 saturated carbocycles. The highest BCUT2D eigenvalue weighted by Crippen LogP contribution is 2.35. The minimum Gasteiger partial charge on any atom is -0.493 e. The van der Waals surface area contributed by atoms with Crippen molar-refractivity contribution in [1.82, 2.24) is 0 Å². The predicted octanol–water partition coefficient (Wildman–Crippen LogP) is 3.80. The maximum Gasteiger partial charge on any atom is 0.179 e. The normalized spacial score (nSPS) is 9.95. The van der Waals surface area contributed by atoms with Gasteiger partial charge in [-0.15, -0.1) is 0 Å². The molecule has 0 aliphatic rings. The first-order chi connectivity index (χ1) is 9.78. The Hall–Kier alpha value is -2.01. The largest absolute Gasteiger partial charge is 0.493 e. The summed E-state index contributed by atoms with van der Waals surface area (Å²) < 4.78 is 21.4. The molecular formula is C15H16O4S. The van der Waals surface area contributed by atoms with Gasteiger partial charge in [-0.25, -0.2) is 0 Å². The molecule has 0 aromatic heterocycles. The van der Waals surface area contributed by atoms with Crippen LogP contribution >= 0.6 is 12.0 Å². The van der Waals surface area contributed by atoms with Gasteiger partial charge in [-0.05, 0) is 24.3 Å². The van der Waals surface area contributed by atoms with Crippen LogP contribution in [0.3, 0.4) is 0 Å². The summed E-state index contributed by atoms with van der Waals surface area (Å²) in [6.07, 6.45) is 0. The summed E-state index contributed by atoms with van der Waals surface area (Å²) in [5.41, 5.74) is 0. The van der Waals surface area contributed by atoms with E-state index in [1.165, 1.54) is 12.0 Å². The topological polar surface area (TPSA) is 36.9 Å². The SMILES string of the molecule is COc1ccc(SOc2ccccc2OC)cc1OC. The molecular weight excluding hydrogens is 276 g/mol. The van der Waals surface area contributed by atoms with E-state index in [4.69, 9.17) is 18.4 Å². The van der Waals surface area contributed by atoms with Gasteiger partial charge in [0.15, 0.2) is 23.0 Å². The number of para-hydroxylation sites is 2. The van der Waals surface area contributed by atoms with Crippen LogP contribution in [0.25, 0.3) is 0 Å². The second kappa shape index (κ2) is 6.96. The lowest BCUT2D eigenvalue weighted by molar-refractivity contribution is 0.354. The molecule has 2 aromatic rings. The molecule has 0 bridgehead atoms. The zero-order valence-electron chi connectivity index (χ0n) is 11.6. The van der Waals surface area contributed by atoms with Gasteiger partial charge >= 0.3 is 0 Å². The molecule has 0 spiro atoms. The molecule has 0 fully saturated rings. The summed E-state index contributed by atoms with van der Waals surface area (Å²) in [6, 6.07) is 13.1. The van der Waals surface area contributed by atoms with E-state index in [0.717, 1.165) is 4.90 Å². The third-order valence-electron chi connectivity index (χ3n) is 2.65. The summed E-state index contributed by atoms with van der Waals surface area (Å²) in [6.45, 7) is 0. The van der Waals surface area contributed by atoms with E-state index in [9.17, 15) is 0 Å². The van der Waals surface area contributed by atoms with Crippen molar-refractivity contribution in [2.45, 2.75) is 4.90 Å². The van der Waals surface area contributed by atoms with Gasteiger partial charge in [-0.3, -0.25) is 0 Å². The van der Waals surface area contributed by atoms with E-state index < -0.39 is 0 Å². The molecule has 106 valence electrons. The summed E-state index contributed by atoms with van der Waals surface area (Å²) >= 11 is 1.24. The molecule has 0 unspecified atom stereocenters. The van der Waals surface area contributed by atoms with Gasteiger partial charge in [0.2, 0.25) is 0 Å². The fraction of sp³-hybridized carbons (Fsp3) is 0.200. The molecule has 0 heterocycles. The smallest absolute Gasteiger partial charge is 0.179 e. The van der Waals surface area contributed by atoms with E-state index in [1.807, 2.05) is 42.5 Å². The quantitative estimate of drug-likeness (QED) is 0.757. The zero-order valence-corrected chi connectivity index (χ0v) is 12.4. The lowest BCUT2D eigenvalue weighted by atomic mass is 10.3. The summed E-state index contributed by atoms with van der Waals surface area (Å²) in [4.78, 5) is 0.911. The van der Waals surface area contributed by atoms with Crippen molar-refractivity contribution in [3.05, 3.63) is 42.5 Å². The van der Waals surface area contributed by atoms with Crippen molar-refractivity contribution in [2.75, 3.05) is 21.3 Å². The molecule has 2 rings (SSSR count). The number of methoxy groups -OCH3 is 3. The molecule has 2 aromatic carbocycles. The molecule has 0 aliphatic carbocycles. The Morgan fingerprint density at radius 3 is 1.95 bits per heavy atom. The molecule has 20 heavy (non-hydrogen) atoms. The van der Waals surface area contributed by atoms with E-state index in [0.29, 0.717) is 23.0 Å². The minimum atomic E-state index is 0.668. The van der Waals surface area contributed by atoms with Crippen molar-refractivity contribution in [2.24, 2.45) is 0 Å². The van der Waals surface area contributed by atoms with Crippen LogP contribution in [-0.4, -0.2) is 21.3 Å². The Morgan fingerprint density at radius 2 is 1.30 bits per heavy atom. The number of hydrogen-bond donors (Lipinski definition) is 0. The van der Waals surface area contributed by atoms with Crippen molar-refractivity contribution in [1.29, 1.82) is 0 Å². The molecule has 0 aliphatic heterocycles. The monoisotopic (exact) mass is 292 g/mol. The van der Waals surface area contributed by atoms with Crippen LogP contribution < -0.4 is 18.4 Å². The van der Waals surface area contributed by atoms with E-state index in [2.05, 4.69) is 0 Å². The average Bonchev–Trinajstić information content (AvgIpc) is 2.52. The highest BCUT2D eigenvalue weighted by atomic mass is 32.2. The van der Waals surface area contributed by atoms with Crippen LogP contribution in [0.2, 0.25) is 0 Å². The fourth-order valence-corrected chi connectivity index (χ4v) is 2.25. The van der Waals surface area contributed by atoms with Crippen LogP contribution in [0.4, 0.5) is 0 Å². The molecule has 0 amide bonds. The van der Waals surface area contributed by atoms with Crippen LogP contribution in [0.1, 0.15) is 0 Å². The number of rotatable bonds is 6. The van der Waals surface area contributed by atoms with Crippen LogP contribution in [0, 0.1) is 0 Å². The van der Waals surface area contributed by atoms with Crippen molar-refractivity contribution in [3.63, 3.8) is 0 Å². The van der Waals surface area contributed by atoms with Crippen LogP contribution in [-0.2, 0) is 0 Å². The lowest BCUT2D eigenvalue weighted by Gasteiger charge is -2.10. The molecule has 5 heteroatoms.